The Morgan fingerprint density at radius 3 is 1.82 bits per heavy atom. The topological polar surface area (TPSA) is 0 Å². The van der Waals surface area contributed by atoms with E-state index >= 15 is 0 Å². The highest BCUT2D eigenvalue weighted by atomic mass is 14.2. The van der Waals surface area contributed by atoms with Crippen LogP contribution in [-0.2, 0) is 0 Å². The molecule has 0 spiro atoms. The molecule has 0 nitrogen and oxygen atoms in total. The van der Waals surface area contributed by atoms with E-state index in [4.69, 9.17) is 0 Å². The van der Waals surface area contributed by atoms with E-state index in [0.29, 0.717) is 0 Å². The van der Waals surface area contributed by atoms with E-state index < -0.39 is 0 Å². The van der Waals surface area contributed by atoms with Crippen LogP contribution < -0.4 is 0 Å². The highest BCUT2D eigenvalue weighted by Gasteiger charge is 2.17. The molecule has 0 unspecified atom stereocenters. The van der Waals surface area contributed by atoms with E-state index in [2.05, 4.69) is 6.92 Å². The van der Waals surface area contributed by atoms with Gasteiger partial charge in [-0.05, 0) is 50.9 Å². The summed E-state index contributed by atoms with van der Waals surface area (Å²) in [7, 11) is 0. The largest absolute Gasteiger partial charge is 0.0710 e. The van der Waals surface area contributed by atoms with Crippen molar-refractivity contribution in [3.8, 4) is 0 Å². The monoisotopic (exact) mass is 234 g/mol. The van der Waals surface area contributed by atoms with E-state index in [9.17, 15) is 0 Å². The minimum absolute atomic E-state index is 0.960. The average Bonchev–Trinajstić information content (AvgIpc) is 2.31. The Balaban J connectivity index is 1.94. The summed E-state index contributed by atoms with van der Waals surface area (Å²) < 4.78 is 0. The van der Waals surface area contributed by atoms with Gasteiger partial charge in [0, 0.05) is 0 Å². The molecule has 17 heavy (non-hydrogen) atoms. The first-order valence-electron chi connectivity index (χ1n) is 8.06. The van der Waals surface area contributed by atoms with E-state index in [-0.39, 0.29) is 0 Å². The van der Waals surface area contributed by atoms with Crippen molar-refractivity contribution >= 4 is 0 Å². The van der Waals surface area contributed by atoms with Crippen LogP contribution in [0.4, 0.5) is 0 Å². The van der Waals surface area contributed by atoms with Gasteiger partial charge in [0.25, 0.3) is 0 Å². The molecule has 0 heteroatoms. The van der Waals surface area contributed by atoms with E-state index in [1.807, 2.05) is 11.1 Å². The second kappa shape index (κ2) is 7.24. The van der Waals surface area contributed by atoms with Crippen LogP contribution in [0, 0.1) is 5.92 Å². The zero-order valence-corrected chi connectivity index (χ0v) is 11.8. The molecule has 0 aromatic rings. The Kier molecular flexibility index (Phi) is 5.61. The van der Waals surface area contributed by atoms with E-state index in [1.54, 1.807) is 0 Å². The molecule has 0 aromatic carbocycles. The van der Waals surface area contributed by atoms with Crippen molar-refractivity contribution in [1.82, 2.24) is 0 Å². The fourth-order valence-electron chi connectivity index (χ4n) is 3.58. The van der Waals surface area contributed by atoms with Crippen LogP contribution in [0.3, 0.4) is 0 Å². The van der Waals surface area contributed by atoms with Gasteiger partial charge in [-0.15, -0.1) is 0 Å². The summed E-state index contributed by atoms with van der Waals surface area (Å²) >= 11 is 0. The Bertz CT molecular complexity index is 249. The lowest BCUT2D eigenvalue weighted by molar-refractivity contribution is 0.461. The second-order valence-corrected chi connectivity index (χ2v) is 6.38. The normalized spacial score (nSPS) is 29.1. The van der Waals surface area contributed by atoms with Crippen molar-refractivity contribution in [3.05, 3.63) is 11.1 Å². The summed E-state index contributed by atoms with van der Waals surface area (Å²) in [5.41, 5.74) is 3.76. The van der Waals surface area contributed by atoms with Gasteiger partial charge in [0.15, 0.2) is 0 Å². The van der Waals surface area contributed by atoms with Crippen LogP contribution >= 0.6 is 0 Å². The minimum atomic E-state index is 0.960. The first-order chi connectivity index (χ1) is 8.36. The van der Waals surface area contributed by atoms with Crippen LogP contribution in [0.15, 0.2) is 11.1 Å². The van der Waals surface area contributed by atoms with Crippen molar-refractivity contribution in [3.63, 3.8) is 0 Å². The van der Waals surface area contributed by atoms with Crippen LogP contribution in [0.1, 0.15) is 90.4 Å². The van der Waals surface area contributed by atoms with Crippen LogP contribution in [0.2, 0.25) is 0 Å². The van der Waals surface area contributed by atoms with Crippen molar-refractivity contribution in [2.45, 2.75) is 90.4 Å². The zero-order chi connectivity index (χ0) is 11.9. The first kappa shape index (κ1) is 13.2. The first-order valence-corrected chi connectivity index (χ1v) is 8.06. The molecule has 0 radical (unpaired) electrons. The van der Waals surface area contributed by atoms with Crippen LogP contribution in [0.25, 0.3) is 0 Å². The predicted octanol–water partition coefficient (Wildman–Crippen LogP) is 6.02. The minimum Gasteiger partial charge on any atom is -0.0710 e. The van der Waals surface area contributed by atoms with Crippen LogP contribution in [-0.4, -0.2) is 0 Å². The van der Waals surface area contributed by atoms with Gasteiger partial charge < -0.3 is 0 Å². The maximum absolute atomic E-state index is 2.44. The maximum Gasteiger partial charge on any atom is -0.0292 e. The molecule has 0 saturated heterocycles. The quantitative estimate of drug-likeness (QED) is 0.450. The Morgan fingerprint density at radius 2 is 1.18 bits per heavy atom. The van der Waals surface area contributed by atoms with Crippen molar-refractivity contribution in [1.29, 1.82) is 0 Å². The molecule has 2 rings (SSSR count). The summed E-state index contributed by atoms with van der Waals surface area (Å²) in [5.74, 6) is 0.960. The molecule has 0 heterocycles. The molecule has 0 amide bonds. The molecular formula is C17H30. The Labute approximate surface area is 108 Å². The van der Waals surface area contributed by atoms with E-state index in [1.165, 1.54) is 83.5 Å². The van der Waals surface area contributed by atoms with Crippen molar-refractivity contribution in [2.24, 2.45) is 5.92 Å². The van der Waals surface area contributed by atoms with Crippen molar-refractivity contribution in [2.75, 3.05) is 0 Å². The van der Waals surface area contributed by atoms with Gasteiger partial charge in [-0.2, -0.15) is 0 Å². The highest BCUT2D eigenvalue weighted by molar-refractivity contribution is 5.18. The fourth-order valence-corrected chi connectivity index (χ4v) is 3.58. The SMILES string of the molecule is C[C@@H]1CCC2=C(CCCCCCCCCC2)C1. The number of hydrogen-bond donors (Lipinski definition) is 0. The highest BCUT2D eigenvalue weighted by Crippen LogP contribution is 2.35. The standard InChI is InChI=1S/C17H30/c1-15-12-13-16-10-8-6-4-2-3-5-7-9-11-17(16)14-15/h15H,2-14H2,1H3/t15-/m1/s1. The molecule has 2 aliphatic rings. The molecule has 0 bridgehead atoms. The Morgan fingerprint density at radius 1 is 0.647 bits per heavy atom. The predicted molar refractivity (Wildman–Crippen MR) is 76.2 cm³/mol. The third-order valence-corrected chi connectivity index (χ3v) is 4.74. The average molecular weight is 234 g/mol. The molecule has 98 valence electrons. The number of rotatable bonds is 0. The number of hydrogen-bond acceptors (Lipinski definition) is 0. The zero-order valence-electron chi connectivity index (χ0n) is 11.8. The van der Waals surface area contributed by atoms with Gasteiger partial charge in [0.05, 0.1) is 0 Å². The van der Waals surface area contributed by atoms with Crippen molar-refractivity contribution < 1.29 is 0 Å². The third kappa shape index (κ3) is 4.48. The summed E-state index contributed by atoms with van der Waals surface area (Å²) in [4.78, 5) is 0. The summed E-state index contributed by atoms with van der Waals surface area (Å²) in [6.45, 7) is 2.44. The molecule has 0 aliphatic heterocycles. The molecule has 0 aromatic heterocycles. The molecule has 1 atom stereocenters. The maximum atomic E-state index is 2.44. The van der Waals surface area contributed by atoms with Gasteiger partial charge >= 0.3 is 0 Å². The van der Waals surface area contributed by atoms with Gasteiger partial charge in [-0.3, -0.25) is 0 Å². The number of allylic oxidation sites excluding steroid dienone is 2. The fraction of sp³-hybridized carbons (Fsp3) is 0.882. The lowest BCUT2D eigenvalue weighted by Gasteiger charge is -2.25. The lowest BCUT2D eigenvalue weighted by atomic mass is 9.80. The van der Waals surface area contributed by atoms with E-state index in [0.717, 1.165) is 5.92 Å². The van der Waals surface area contributed by atoms with Gasteiger partial charge in [-0.25, -0.2) is 0 Å². The molecule has 0 fully saturated rings. The summed E-state index contributed by atoms with van der Waals surface area (Å²) in [6, 6.07) is 0. The lowest BCUT2D eigenvalue weighted by Crippen LogP contribution is -2.08. The summed E-state index contributed by atoms with van der Waals surface area (Å²) in [5, 5.41) is 0. The van der Waals surface area contributed by atoms with Gasteiger partial charge in [0.2, 0.25) is 0 Å². The molecular weight excluding hydrogens is 204 g/mol. The third-order valence-electron chi connectivity index (χ3n) is 4.74. The van der Waals surface area contributed by atoms with Gasteiger partial charge in [0.1, 0.15) is 0 Å². The Hall–Kier alpha value is -0.260. The van der Waals surface area contributed by atoms with Gasteiger partial charge in [-0.1, -0.05) is 56.6 Å². The molecule has 0 N–H and O–H groups in total. The smallest absolute Gasteiger partial charge is 0.0292 e. The summed E-state index contributed by atoms with van der Waals surface area (Å²) in [6.07, 6.45) is 19.0. The second-order valence-electron chi connectivity index (χ2n) is 6.38. The van der Waals surface area contributed by atoms with Crippen LogP contribution in [0.5, 0.6) is 0 Å². The molecule has 0 saturated carbocycles. The molecule has 2 aliphatic carbocycles.